The number of hydrogen-bond donors (Lipinski definition) is 0. The molecule has 0 rings (SSSR count). The van der Waals surface area contributed by atoms with E-state index in [9.17, 15) is 14.4 Å². The van der Waals surface area contributed by atoms with Crippen molar-refractivity contribution in [2.75, 3.05) is 13.2 Å². The highest BCUT2D eigenvalue weighted by atomic mass is 16.6. The lowest BCUT2D eigenvalue weighted by atomic mass is 10.0. The predicted molar refractivity (Wildman–Crippen MR) is 362 cm³/mol. The van der Waals surface area contributed by atoms with Gasteiger partial charge in [-0.2, -0.15) is 0 Å². The van der Waals surface area contributed by atoms with Crippen LogP contribution in [0.5, 0.6) is 0 Å². The van der Waals surface area contributed by atoms with Crippen molar-refractivity contribution in [3.63, 3.8) is 0 Å². The highest BCUT2D eigenvalue weighted by Gasteiger charge is 2.19. The topological polar surface area (TPSA) is 78.9 Å². The van der Waals surface area contributed by atoms with Gasteiger partial charge in [-0.15, -0.1) is 0 Å². The quantitative estimate of drug-likeness (QED) is 0.0261. The van der Waals surface area contributed by atoms with Gasteiger partial charge in [-0.25, -0.2) is 0 Å². The molecule has 6 nitrogen and oxygen atoms in total. The first kappa shape index (κ1) is 78.8. The van der Waals surface area contributed by atoms with E-state index in [4.69, 9.17) is 14.2 Å². The normalized spacial score (nSPS) is 12.9. The van der Waals surface area contributed by atoms with Gasteiger partial charge in [0.25, 0.3) is 0 Å². The standard InChI is InChI=1S/C77H130O6/c1-4-7-10-13-16-19-22-25-28-31-33-35-36-37-38-39-40-42-43-46-49-52-55-58-61-64-67-70-76(79)82-73-74(72-81-75(78)69-66-63-60-57-54-51-48-45-30-27-24-21-18-15-12-9-6-3)83-77(80)71-68-65-62-59-56-53-50-47-44-41-34-32-29-26-23-20-17-14-11-8-5-2/h8,11,17-18,20-22,25-27,29-31,33-34,36-37,41,47,50,74H,4-7,9-10,12-16,19,23-24,28,32,35,38-40,42-46,48-49,51-73H2,1-3H3/b11-8-,20-17-,21-18-,25-22-,29-26-,30-27-,33-31-,37-36-,41-34-,50-47-. The van der Waals surface area contributed by atoms with Crippen molar-refractivity contribution in [2.45, 2.75) is 335 Å². The van der Waals surface area contributed by atoms with Gasteiger partial charge in [0.15, 0.2) is 6.10 Å². The Balaban J connectivity index is 4.39. The molecule has 0 aliphatic heterocycles. The summed E-state index contributed by atoms with van der Waals surface area (Å²) in [6.07, 6.45) is 97.8. The van der Waals surface area contributed by atoms with Crippen molar-refractivity contribution in [3.8, 4) is 0 Å². The minimum atomic E-state index is -0.798. The first-order valence-electron chi connectivity index (χ1n) is 35.0. The lowest BCUT2D eigenvalue weighted by molar-refractivity contribution is -0.167. The molecular weight excluding hydrogens is 1020 g/mol. The number of unbranched alkanes of at least 4 members (excludes halogenated alkanes) is 32. The molecule has 0 aliphatic rings. The molecule has 0 aromatic carbocycles. The van der Waals surface area contributed by atoms with Crippen LogP contribution in [0.4, 0.5) is 0 Å². The van der Waals surface area contributed by atoms with Gasteiger partial charge >= 0.3 is 17.9 Å². The number of allylic oxidation sites excluding steroid dienone is 20. The Morgan fingerprint density at radius 3 is 0.759 bits per heavy atom. The fraction of sp³-hybridized carbons (Fsp3) is 0.701. The van der Waals surface area contributed by atoms with E-state index in [-0.39, 0.29) is 31.1 Å². The highest BCUT2D eigenvalue weighted by Crippen LogP contribution is 2.16. The van der Waals surface area contributed by atoms with E-state index in [0.29, 0.717) is 19.3 Å². The largest absolute Gasteiger partial charge is 0.462 e. The van der Waals surface area contributed by atoms with Gasteiger partial charge < -0.3 is 14.2 Å². The maximum Gasteiger partial charge on any atom is 0.306 e. The van der Waals surface area contributed by atoms with Gasteiger partial charge in [0.05, 0.1) is 0 Å². The van der Waals surface area contributed by atoms with Gasteiger partial charge in [0.2, 0.25) is 0 Å². The summed E-state index contributed by atoms with van der Waals surface area (Å²) in [6.45, 7) is 6.49. The van der Waals surface area contributed by atoms with Gasteiger partial charge in [-0.05, 0) is 135 Å². The van der Waals surface area contributed by atoms with Gasteiger partial charge in [-0.1, -0.05) is 296 Å². The number of ether oxygens (including phenoxy) is 3. The number of esters is 3. The average molecular weight is 1150 g/mol. The minimum Gasteiger partial charge on any atom is -0.462 e. The Morgan fingerprint density at radius 1 is 0.253 bits per heavy atom. The van der Waals surface area contributed by atoms with Crippen LogP contribution in [0.2, 0.25) is 0 Å². The SMILES string of the molecule is CC/C=C\C/C=C\C/C=C\C/C=C\C/C=C\CCCCCCCC(=O)OC(COC(=O)CCCCCCCCC/C=C\C/C=C\CCCCC)COC(=O)CCCCCCCCCCCCCC/C=C\C/C=C\C/C=C\CCCCCCC. The molecule has 0 radical (unpaired) electrons. The third kappa shape index (κ3) is 68.5. The van der Waals surface area contributed by atoms with Crippen LogP contribution >= 0.6 is 0 Å². The molecule has 0 aromatic rings. The van der Waals surface area contributed by atoms with E-state index in [0.717, 1.165) is 135 Å². The van der Waals surface area contributed by atoms with Crippen LogP contribution in [0.25, 0.3) is 0 Å². The van der Waals surface area contributed by atoms with Crippen LogP contribution in [-0.4, -0.2) is 37.2 Å². The summed E-state index contributed by atoms with van der Waals surface area (Å²) in [7, 11) is 0. The van der Waals surface area contributed by atoms with Gasteiger partial charge in [0, 0.05) is 19.3 Å². The van der Waals surface area contributed by atoms with Crippen molar-refractivity contribution in [1.29, 1.82) is 0 Å². The average Bonchev–Trinajstić information content (AvgIpc) is 3.50. The maximum atomic E-state index is 13.0. The second-order valence-corrected chi connectivity index (χ2v) is 23.1. The Bertz CT molecular complexity index is 1700. The van der Waals surface area contributed by atoms with Crippen LogP contribution in [0.3, 0.4) is 0 Å². The van der Waals surface area contributed by atoms with Crippen LogP contribution in [0.1, 0.15) is 329 Å². The zero-order chi connectivity index (χ0) is 59.9. The van der Waals surface area contributed by atoms with Crippen molar-refractivity contribution in [2.24, 2.45) is 0 Å². The van der Waals surface area contributed by atoms with Crippen molar-refractivity contribution in [1.82, 2.24) is 0 Å². The summed E-state index contributed by atoms with van der Waals surface area (Å²) in [5.74, 6) is -0.910. The monoisotopic (exact) mass is 1150 g/mol. The van der Waals surface area contributed by atoms with E-state index >= 15 is 0 Å². The van der Waals surface area contributed by atoms with Crippen LogP contribution < -0.4 is 0 Å². The summed E-state index contributed by atoms with van der Waals surface area (Å²) in [5, 5.41) is 0. The summed E-state index contributed by atoms with van der Waals surface area (Å²) < 4.78 is 17.0. The molecule has 0 spiro atoms. The third-order valence-electron chi connectivity index (χ3n) is 14.9. The van der Waals surface area contributed by atoms with Crippen LogP contribution in [0.15, 0.2) is 122 Å². The van der Waals surface area contributed by atoms with Gasteiger partial charge in [0.1, 0.15) is 13.2 Å². The Kier molecular flexibility index (Phi) is 66.7. The molecule has 6 heteroatoms. The Labute approximate surface area is 513 Å². The molecule has 1 atom stereocenters. The molecule has 0 bridgehead atoms. The van der Waals surface area contributed by atoms with Crippen molar-refractivity contribution in [3.05, 3.63) is 122 Å². The molecule has 0 N–H and O–H groups in total. The van der Waals surface area contributed by atoms with E-state index in [2.05, 4.69) is 142 Å². The third-order valence-corrected chi connectivity index (χ3v) is 14.9. The molecule has 0 aromatic heterocycles. The fourth-order valence-electron chi connectivity index (χ4n) is 9.68. The Hall–Kier alpha value is -4.19. The number of carbonyl (C=O) groups excluding carboxylic acids is 3. The Morgan fingerprint density at radius 2 is 0.470 bits per heavy atom. The minimum absolute atomic E-state index is 0.0910. The zero-order valence-corrected chi connectivity index (χ0v) is 54.4. The number of hydrogen-bond acceptors (Lipinski definition) is 6. The summed E-state index contributed by atoms with van der Waals surface area (Å²) in [5.41, 5.74) is 0. The molecule has 1 unspecified atom stereocenters. The summed E-state index contributed by atoms with van der Waals surface area (Å²) >= 11 is 0. The molecule has 83 heavy (non-hydrogen) atoms. The molecule has 474 valence electrons. The number of carbonyl (C=O) groups is 3. The lowest BCUT2D eigenvalue weighted by Gasteiger charge is -2.18. The summed E-state index contributed by atoms with van der Waals surface area (Å²) in [6, 6.07) is 0. The van der Waals surface area contributed by atoms with Crippen molar-refractivity contribution < 1.29 is 28.6 Å². The molecular formula is C77H130O6. The zero-order valence-electron chi connectivity index (χ0n) is 54.4. The molecule has 0 amide bonds. The summed E-state index contributed by atoms with van der Waals surface area (Å²) in [4.78, 5) is 38.5. The molecule has 0 fully saturated rings. The first-order valence-corrected chi connectivity index (χ1v) is 35.0. The predicted octanol–water partition coefficient (Wildman–Crippen LogP) is 24.3. The van der Waals surface area contributed by atoms with Gasteiger partial charge in [-0.3, -0.25) is 14.4 Å². The first-order chi connectivity index (χ1) is 41.0. The van der Waals surface area contributed by atoms with Crippen molar-refractivity contribution >= 4 is 17.9 Å². The van der Waals surface area contributed by atoms with E-state index in [1.807, 2.05) is 0 Å². The fourth-order valence-corrected chi connectivity index (χ4v) is 9.68. The van der Waals surface area contributed by atoms with E-state index in [1.165, 1.54) is 154 Å². The molecule has 0 heterocycles. The molecule has 0 aliphatic carbocycles. The second-order valence-electron chi connectivity index (χ2n) is 23.1. The number of rotatable bonds is 63. The maximum absolute atomic E-state index is 13.0. The van der Waals surface area contributed by atoms with Crippen LogP contribution in [0, 0.1) is 0 Å². The highest BCUT2D eigenvalue weighted by molar-refractivity contribution is 5.71. The smallest absolute Gasteiger partial charge is 0.306 e. The molecule has 0 saturated heterocycles. The lowest BCUT2D eigenvalue weighted by Crippen LogP contribution is -2.30. The van der Waals surface area contributed by atoms with E-state index < -0.39 is 6.10 Å². The molecule has 0 saturated carbocycles. The van der Waals surface area contributed by atoms with Crippen LogP contribution in [-0.2, 0) is 28.6 Å². The second kappa shape index (κ2) is 70.3. The van der Waals surface area contributed by atoms with E-state index in [1.54, 1.807) is 0 Å².